The first-order valence-electron chi connectivity index (χ1n) is 10.9. The van der Waals surface area contributed by atoms with Gasteiger partial charge in [0.05, 0.1) is 16.3 Å². The number of carbonyl (C=O) groups is 1. The highest BCUT2D eigenvalue weighted by molar-refractivity contribution is 7.89. The van der Waals surface area contributed by atoms with E-state index in [9.17, 15) is 26.4 Å². The molecule has 1 saturated heterocycles. The predicted molar refractivity (Wildman–Crippen MR) is 123 cm³/mol. The molecule has 0 atom stereocenters. The van der Waals surface area contributed by atoms with E-state index in [1.807, 2.05) is 0 Å². The van der Waals surface area contributed by atoms with E-state index in [1.165, 1.54) is 4.31 Å². The van der Waals surface area contributed by atoms with Gasteiger partial charge < -0.3 is 9.64 Å². The van der Waals surface area contributed by atoms with Gasteiger partial charge in [0.2, 0.25) is 15.9 Å². The van der Waals surface area contributed by atoms with Gasteiger partial charge >= 0.3 is 6.18 Å². The molecule has 0 spiro atoms. The Morgan fingerprint density at radius 3 is 2.34 bits per heavy atom. The first-order chi connectivity index (χ1) is 16.4. The minimum atomic E-state index is -4.48. The number of nitrogens with zero attached hydrogens (tertiary/aromatic N) is 4. The minimum Gasteiger partial charge on any atom is -0.439 e. The molecule has 0 unspecified atom stereocenters. The lowest BCUT2D eigenvalue weighted by Gasteiger charge is -2.34. The number of benzene rings is 1. The van der Waals surface area contributed by atoms with E-state index in [4.69, 9.17) is 4.74 Å². The molecular weight excluding hydrogens is 485 g/mol. The van der Waals surface area contributed by atoms with Crippen molar-refractivity contribution in [2.45, 2.75) is 25.3 Å². The quantitative estimate of drug-likeness (QED) is 0.519. The first-order valence-corrected chi connectivity index (χ1v) is 12.4. The van der Waals surface area contributed by atoms with Crippen molar-refractivity contribution in [2.24, 2.45) is 0 Å². The second-order valence-corrected chi connectivity index (χ2v) is 10.8. The Morgan fingerprint density at radius 2 is 1.74 bits per heavy atom. The zero-order valence-corrected chi connectivity index (χ0v) is 19.8. The van der Waals surface area contributed by atoms with E-state index >= 15 is 0 Å². The molecule has 186 valence electrons. The number of ether oxygens (including phenoxy) is 1. The average molecular weight is 509 g/mol. The second kappa shape index (κ2) is 9.42. The predicted octanol–water partition coefficient (Wildman–Crippen LogP) is 3.94. The Labute approximate surface area is 200 Å². The highest BCUT2D eigenvalue weighted by Crippen LogP contribution is 2.30. The number of hydrogen-bond donors (Lipinski definition) is 0. The molecule has 0 radical (unpaired) electrons. The number of rotatable bonds is 5. The van der Waals surface area contributed by atoms with E-state index in [1.54, 1.807) is 49.1 Å². The molecule has 2 aromatic heterocycles. The third-order valence-corrected chi connectivity index (χ3v) is 7.92. The second-order valence-electron chi connectivity index (χ2n) is 8.32. The zero-order valence-electron chi connectivity index (χ0n) is 19.0. The Bertz CT molecular complexity index is 1340. The van der Waals surface area contributed by atoms with Gasteiger partial charge in [-0.3, -0.25) is 4.79 Å². The molecule has 4 rings (SSSR count). The van der Waals surface area contributed by atoms with Crippen LogP contribution in [0.1, 0.15) is 29.9 Å². The third kappa shape index (κ3) is 5.38. The lowest BCUT2D eigenvalue weighted by atomic mass is 10.2. The van der Waals surface area contributed by atoms with E-state index in [2.05, 4.69) is 9.97 Å². The standard InChI is InChI=1S/C23H23F3N4O4S/c1-15(2)35(32,33)30-11-9-29(10-12-30)22(31)20-6-3-16-13-18(5-7-19(16)28-20)34-21-8-4-17(14-27-21)23(24,25)26/h3-8,13-15H,9-12H2,1-2H3. The molecular formula is C23H23F3N4O4S. The SMILES string of the molecule is CC(C)S(=O)(=O)N1CCN(C(=O)c2ccc3cc(Oc4ccc(C(F)(F)F)cn4)ccc3n2)CC1. The van der Waals surface area contributed by atoms with Crippen LogP contribution in [-0.4, -0.2) is 64.9 Å². The molecule has 0 aliphatic carbocycles. The highest BCUT2D eigenvalue weighted by atomic mass is 32.2. The van der Waals surface area contributed by atoms with Crippen molar-refractivity contribution in [3.05, 3.63) is 59.9 Å². The summed E-state index contributed by atoms with van der Waals surface area (Å²) in [6, 6.07) is 10.2. The Hall–Kier alpha value is -3.25. The number of piperazine rings is 1. The Kier molecular flexibility index (Phi) is 6.69. The summed E-state index contributed by atoms with van der Waals surface area (Å²) in [7, 11) is -3.36. The van der Waals surface area contributed by atoms with Gasteiger partial charge in [-0.25, -0.2) is 18.4 Å². The molecule has 0 N–H and O–H groups in total. The number of carbonyl (C=O) groups excluding carboxylic acids is 1. The monoisotopic (exact) mass is 508 g/mol. The van der Waals surface area contributed by atoms with Crippen LogP contribution in [0.3, 0.4) is 0 Å². The summed E-state index contributed by atoms with van der Waals surface area (Å²) in [5, 5.41) is 0.148. The van der Waals surface area contributed by atoms with E-state index in [0.29, 0.717) is 22.8 Å². The number of aromatic nitrogens is 2. The maximum atomic E-state index is 12.9. The van der Waals surface area contributed by atoms with Crippen LogP contribution >= 0.6 is 0 Å². The van der Waals surface area contributed by atoms with Crippen LogP contribution in [0, 0.1) is 0 Å². The van der Waals surface area contributed by atoms with Crippen molar-refractivity contribution in [2.75, 3.05) is 26.2 Å². The summed E-state index contributed by atoms with van der Waals surface area (Å²) in [4.78, 5) is 22.6. The van der Waals surface area contributed by atoms with Crippen LogP contribution in [-0.2, 0) is 16.2 Å². The van der Waals surface area contributed by atoms with Gasteiger partial charge in [-0.05, 0) is 44.2 Å². The minimum absolute atomic E-state index is 0.00994. The van der Waals surface area contributed by atoms with E-state index in [0.717, 1.165) is 12.1 Å². The average Bonchev–Trinajstić information content (AvgIpc) is 2.83. The van der Waals surface area contributed by atoms with Gasteiger partial charge in [-0.1, -0.05) is 6.07 Å². The van der Waals surface area contributed by atoms with Crippen molar-refractivity contribution in [3.8, 4) is 11.6 Å². The largest absolute Gasteiger partial charge is 0.439 e. The number of fused-ring (bicyclic) bond motifs is 1. The fourth-order valence-electron chi connectivity index (χ4n) is 3.62. The molecule has 0 saturated carbocycles. The number of alkyl halides is 3. The van der Waals surface area contributed by atoms with Crippen LogP contribution < -0.4 is 4.74 Å². The molecule has 3 heterocycles. The summed E-state index contributed by atoms with van der Waals surface area (Å²) in [5.74, 6) is 0.0756. The van der Waals surface area contributed by atoms with Crippen LogP contribution in [0.25, 0.3) is 10.9 Å². The molecule has 1 amide bonds. The number of hydrogen-bond acceptors (Lipinski definition) is 6. The number of sulfonamides is 1. The molecule has 1 aliphatic rings. The lowest BCUT2D eigenvalue weighted by Crippen LogP contribution is -2.52. The summed E-state index contributed by atoms with van der Waals surface area (Å²) in [5.41, 5.74) is -0.104. The number of pyridine rings is 2. The smallest absolute Gasteiger partial charge is 0.417 e. The van der Waals surface area contributed by atoms with Crippen LogP contribution in [0.15, 0.2) is 48.7 Å². The van der Waals surface area contributed by atoms with Crippen molar-refractivity contribution in [1.29, 1.82) is 0 Å². The summed E-state index contributed by atoms with van der Waals surface area (Å²) in [6.45, 7) is 4.27. The fraction of sp³-hybridized carbons (Fsp3) is 0.348. The molecule has 1 fully saturated rings. The highest BCUT2D eigenvalue weighted by Gasteiger charge is 2.32. The van der Waals surface area contributed by atoms with Gasteiger partial charge in [0.15, 0.2) is 0 Å². The molecule has 1 aromatic carbocycles. The van der Waals surface area contributed by atoms with Crippen LogP contribution in [0.5, 0.6) is 11.6 Å². The molecule has 0 bridgehead atoms. The van der Waals surface area contributed by atoms with Gasteiger partial charge in [0.25, 0.3) is 5.91 Å². The topological polar surface area (TPSA) is 92.7 Å². The zero-order chi connectivity index (χ0) is 25.4. The molecule has 12 heteroatoms. The van der Waals surface area contributed by atoms with Gasteiger partial charge in [0.1, 0.15) is 11.4 Å². The normalized spacial score (nSPS) is 15.5. The Morgan fingerprint density at radius 1 is 1.03 bits per heavy atom. The summed E-state index contributed by atoms with van der Waals surface area (Å²) < 4.78 is 69.6. The Balaban J connectivity index is 1.44. The summed E-state index contributed by atoms with van der Waals surface area (Å²) >= 11 is 0. The molecule has 1 aliphatic heterocycles. The van der Waals surface area contributed by atoms with E-state index < -0.39 is 27.0 Å². The lowest BCUT2D eigenvalue weighted by molar-refractivity contribution is -0.137. The summed E-state index contributed by atoms with van der Waals surface area (Å²) in [6.07, 6.45) is -3.78. The molecule has 35 heavy (non-hydrogen) atoms. The number of amides is 1. The fourth-order valence-corrected chi connectivity index (χ4v) is 4.89. The van der Waals surface area contributed by atoms with Crippen molar-refractivity contribution < 1.29 is 31.1 Å². The van der Waals surface area contributed by atoms with Gasteiger partial charge in [-0.2, -0.15) is 17.5 Å². The van der Waals surface area contributed by atoms with E-state index in [-0.39, 0.29) is 43.7 Å². The van der Waals surface area contributed by atoms with Crippen molar-refractivity contribution >= 4 is 26.8 Å². The first kappa shape index (κ1) is 24.9. The molecule has 3 aromatic rings. The van der Waals surface area contributed by atoms with Crippen LogP contribution in [0.4, 0.5) is 13.2 Å². The van der Waals surface area contributed by atoms with Crippen molar-refractivity contribution in [1.82, 2.24) is 19.2 Å². The number of halogens is 3. The third-order valence-electron chi connectivity index (χ3n) is 5.65. The van der Waals surface area contributed by atoms with Gasteiger partial charge in [-0.15, -0.1) is 0 Å². The van der Waals surface area contributed by atoms with Crippen molar-refractivity contribution in [3.63, 3.8) is 0 Å². The maximum Gasteiger partial charge on any atom is 0.417 e. The molecule has 8 nitrogen and oxygen atoms in total. The van der Waals surface area contributed by atoms with Crippen LogP contribution in [0.2, 0.25) is 0 Å². The maximum absolute atomic E-state index is 12.9. The van der Waals surface area contributed by atoms with Gasteiger partial charge in [0, 0.05) is 43.8 Å².